The van der Waals surface area contributed by atoms with Gasteiger partial charge in [-0.2, -0.15) is 13.2 Å². The van der Waals surface area contributed by atoms with Crippen molar-refractivity contribution in [3.05, 3.63) is 75.0 Å². The normalized spacial score (nSPS) is 11.4. The maximum Gasteiger partial charge on any atom is 0.416 e. The van der Waals surface area contributed by atoms with Gasteiger partial charge in [0.1, 0.15) is 17.2 Å². The molecule has 1 aromatic heterocycles. The first-order valence-corrected chi connectivity index (χ1v) is 10.2. The van der Waals surface area contributed by atoms with Crippen LogP contribution in [0.5, 0.6) is 5.75 Å². The first-order valence-electron chi connectivity index (χ1n) is 9.36. The second-order valence-electron chi connectivity index (χ2n) is 6.78. The van der Waals surface area contributed by atoms with Crippen LogP contribution in [0.15, 0.2) is 48.5 Å². The number of esters is 1. The van der Waals surface area contributed by atoms with Gasteiger partial charge in [-0.15, -0.1) is 11.3 Å². The molecule has 1 heterocycles. The van der Waals surface area contributed by atoms with Gasteiger partial charge in [0, 0.05) is 4.88 Å². The summed E-state index contributed by atoms with van der Waals surface area (Å²) in [5, 5.41) is 0. The van der Waals surface area contributed by atoms with Gasteiger partial charge in [-0.1, -0.05) is 12.1 Å². The van der Waals surface area contributed by atoms with Crippen LogP contribution in [0.4, 0.5) is 13.2 Å². The molecule has 0 atom stereocenters. The molecule has 0 unspecified atom stereocenters. The maximum atomic E-state index is 12.8. The first-order chi connectivity index (χ1) is 14.2. The van der Waals surface area contributed by atoms with Crippen molar-refractivity contribution in [1.29, 1.82) is 0 Å². The van der Waals surface area contributed by atoms with Crippen LogP contribution in [0.3, 0.4) is 0 Å². The molecule has 0 saturated carbocycles. The van der Waals surface area contributed by atoms with Gasteiger partial charge in [-0.05, 0) is 79.4 Å². The van der Waals surface area contributed by atoms with E-state index >= 15 is 0 Å². The van der Waals surface area contributed by atoms with Gasteiger partial charge in [0.2, 0.25) is 0 Å². The third-order valence-electron chi connectivity index (χ3n) is 4.53. The van der Waals surface area contributed by atoms with Crippen LogP contribution in [0.25, 0.3) is 11.1 Å². The van der Waals surface area contributed by atoms with E-state index in [1.807, 2.05) is 32.0 Å². The van der Waals surface area contributed by atoms with Crippen molar-refractivity contribution in [2.45, 2.75) is 33.6 Å². The van der Waals surface area contributed by atoms with Gasteiger partial charge in [-0.3, -0.25) is 0 Å². The molecule has 0 amide bonds. The van der Waals surface area contributed by atoms with E-state index in [1.54, 1.807) is 13.0 Å². The number of rotatable bonds is 6. The zero-order valence-electron chi connectivity index (χ0n) is 16.8. The molecule has 0 aliphatic rings. The summed E-state index contributed by atoms with van der Waals surface area (Å²) in [7, 11) is 0. The van der Waals surface area contributed by atoms with Gasteiger partial charge in [0.15, 0.2) is 0 Å². The van der Waals surface area contributed by atoms with E-state index in [0.717, 1.165) is 39.3 Å². The Morgan fingerprint density at radius 2 is 1.63 bits per heavy atom. The predicted octanol–water partition coefficient (Wildman–Crippen LogP) is 6.81. The van der Waals surface area contributed by atoms with Crippen molar-refractivity contribution in [3.63, 3.8) is 0 Å². The summed E-state index contributed by atoms with van der Waals surface area (Å²) in [6.45, 7) is 6.19. The Kier molecular flexibility index (Phi) is 6.51. The lowest BCUT2D eigenvalue weighted by Crippen LogP contribution is -2.04. The van der Waals surface area contributed by atoms with E-state index in [1.165, 1.54) is 23.5 Å². The van der Waals surface area contributed by atoms with Gasteiger partial charge in [-0.25, -0.2) is 4.79 Å². The lowest BCUT2D eigenvalue weighted by atomic mass is 9.94. The molecule has 3 nitrogen and oxygen atoms in total. The summed E-state index contributed by atoms with van der Waals surface area (Å²) in [6.07, 6.45) is -4.35. The minimum Gasteiger partial charge on any atom is -0.488 e. The Labute approximate surface area is 177 Å². The third kappa shape index (κ3) is 5.02. The van der Waals surface area contributed by atoms with Gasteiger partial charge in [0.05, 0.1) is 12.2 Å². The highest BCUT2D eigenvalue weighted by Gasteiger charge is 2.30. The fourth-order valence-corrected chi connectivity index (χ4v) is 4.02. The molecule has 30 heavy (non-hydrogen) atoms. The van der Waals surface area contributed by atoms with Crippen LogP contribution in [-0.4, -0.2) is 12.6 Å². The molecule has 0 spiro atoms. The number of hydrogen-bond donors (Lipinski definition) is 0. The topological polar surface area (TPSA) is 35.5 Å². The van der Waals surface area contributed by atoms with Gasteiger partial charge < -0.3 is 9.47 Å². The quantitative estimate of drug-likeness (QED) is 0.400. The number of aryl methyl sites for hydroxylation is 2. The largest absolute Gasteiger partial charge is 0.488 e. The summed E-state index contributed by atoms with van der Waals surface area (Å²) >= 11 is 1.32. The SMILES string of the molecule is CCOC(=O)c1ccc(COc2cc(C)c(-c3ccc(C(F)(F)F)cc3)c(C)c2)s1. The van der Waals surface area contributed by atoms with E-state index < -0.39 is 11.7 Å². The Morgan fingerprint density at radius 3 is 2.20 bits per heavy atom. The third-order valence-corrected chi connectivity index (χ3v) is 5.57. The fraction of sp³-hybridized carbons (Fsp3) is 0.261. The monoisotopic (exact) mass is 434 g/mol. The zero-order valence-corrected chi connectivity index (χ0v) is 17.6. The summed E-state index contributed by atoms with van der Waals surface area (Å²) in [5.41, 5.74) is 2.75. The van der Waals surface area contributed by atoms with Crippen molar-refractivity contribution in [2.75, 3.05) is 6.61 Å². The Bertz CT molecular complexity index is 1010. The van der Waals surface area contributed by atoms with E-state index in [2.05, 4.69) is 0 Å². The number of thiophene rings is 1. The smallest absolute Gasteiger partial charge is 0.416 e. The molecular formula is C23H21F3O3S. The molecule has 3 rings (SSSR count). The van der Waals surface area contributed by atoms with Crippen LogP contribution in [0, 0.1) is 13.8 Å². The second-order valence-corrected chi connectivity index (χ2v) is 7.95. The van der Waals surface area contributed by atoms with Crippen molar-refractivity contribution >= 4 is 17.3 Å². The first kappa shape index (κ1) is 21.9. The molecule has 7 heteroatoms. The predicted molar refractivity (Wildman–Crippen MR) is 111 cm³/mol. The van der Waals surface area contributed by atoms with E-state index in [-0.39, 0.29) is 5.97 Å². The van der Waals surface area contributed by atoms with Crippen molar-refractivity contribution in [1.82, 2.24) is 0 Å². The molecule has 0 N–H and O–H groups in total. The molecule has 0 bridgehead atoms. The van der Waals surface area contributed by atoms with Crippen molar-refractivity contribution < 1.29 is 27.4 Å². The molecule has 0 fully saturated rings. The van der Waals surface area contributed by atoms with Crippen molar-refractivity contribution in [3.8, 4) is 16.9 Å². The second kappa shape index (κ2) is 8.92. The van der Waals surface area contributed by atoms with Gasteiger partial charge in [0.25, 0.3) is 0 Å². The molecule has 0 aliphatic heterocycles. The number of benzene rings is 2. The van der Waals surface area contributed by atoms with Crippen LogP contribution in [0.1, 0.15) is 38.2 Å². The van der Waals surface area contributed by atoms with Gasteiger partial charge >= 0.3 is 12.1 Å². The molecule has 0 aliphatic carbocycles. The highest BCUT2D eigenvalue weighted by atomic mass is 32.1. The summed E-state index contributed by atoms with van der Waals surface area (Å²) in [4.78, 5) is 13.2. The van der Waals surface area contributed by atoms with Crippen molar-refractivity contribution in [2.24, 2.45) is 0 Å². The zero-order chi connectivity index (χ0) is 21.9. The maximum absolute atomic E-state index is 12.8. The van der Waals surface area contributed by atoms with E-state index in [4.69, 9.17) is 9.47 Å². The summed E-state index contributed by atoms with van der Waals surface area (Å²) in [5.74, 6) is 0.313. The average molecular weight is 434 g/mol. The number of carbonyl (C=O) groups is 1. The number of halogens is 3. The number of hydrogen-bond acceptors (Lipinski definition) is 4. The molecule has 2 aromatic carbocycles. The van der Waals surface area contributed by atoms with E-state index in [9.17, 15) is 18.0 Å². The van der Waals surface area contributed by atoms with Crippen LogP contribution < -0.4 is 4.74 Å². The molecule has 0 radical (unpaired) electrons. The lowest BCUT2D eigenvalue weighted by Gasteiger charge is -2.14. The van der Waals surface area contributed by atoms with Crippen LogP contribution in [-0.2, 0) is 17.5 Å². The molecule has 158 valence electrons. The molecular weight excluding hydrogens is 413 g/mol. The summed E-state index contributed by atoms with van der Waals surface area (Å²) in [6, 6.07) is 12.4. The number of carbonyl (C=O) groups excluding carboxylic acids is 1. The van der Waals surface area contributed by atoms with E-state index in [0.29, 0.717) is 23.8 Å². The fourth-order valence-electron chi connectivity index (χ4n) is 3.21. The van der Waals surface area contributed by atoms with Crippen LogP contribution >= 0.6 is 11.3 Å². The van der Waals surface area contributed by atoms with Crippen LogP contribution in [0.2, 0.25) is 0 Å². The summed E-state index contributed by atoms with van der Waals surface area (Å²) < 4.78 is 49.3. The number of alkyl halides is 3. The average Bonchev–Trinajstić information content (AvgIpc) is 3.15. The minimum absolute atomic E-state index is 0.308. The lowest BCUT2D eigenvalue weighted by molar-refractivity contribution is -0.137. The molecule has 0 saturated heterocycles. The number of ether oxygens (including phenoxy) is 2. The Morgan fingerprint density at radius 1 is 1.00 bits per heavy atom. The highest BCUT2D eigenvalue weighted by molar-refractivity contribution is 7.13. The minimum atomic E-state index is -4.35. The highest BCUT2D eigenvalue weighted by Crippen LogP contribution is 2.34. The Balaban J connectivity index is 1.74. The Hall–Kier alpha value is -2.80. The molecule has 3 aromatic rings. The standard InChI is InChI=1S/C23H21F3O3S/c1-4-28-22(27)20-10-9-19(30-20)13-29-18-11-14(2)21(15(3)12-18)16-5-7-17(8-6-16)23(24,25)26/h5-12H,4,13H2,1-3H3.